The van der Waals surface area contributed by atoms with Crippen molar-refractivity contribution in [3.63, 3.8) is 0 Å². The van der Waals surface area contributed by atoms with E-state index in [0.717, 1.165) is 29.4 Å². The van der Waals surface area contributed by atoms with E-state index in [1.807, 2.05) is 55.7 Å². The van der Waals surface area contributed by atoms with E-state index >= 15 is 0 Å². The second-order valence-corrected chi connectivity index (χ2v) is 7.22. The number of rotatable bonds is 5. The number of carbonyl (C=O) groups excluding carboxylic acids is 1. The second-order valence-electron chi connectivity index (χ2n) is 7.22. The number of amides is 1. The van der Waals surface area contributed by atoms with E-state index in [1.54, 1.807) is 0 Å². The largest absolute Gasteiger partial charge is 0.419 e. The maximum Gasteiger partial charge on any atom is 0.264 e. The van der Waals surface area contributed by atoms with Gasteiger partial charge in [-0.05, 0) is 39.3 Å². The lowest BCUT2D eigenvalue weighted by Gasteiger charge is -2.21. The molecule has 0 atom stereocenters. The Balaban J connectivity index is 2.01. The number of carbonyl (C=O) groups is 1. The van der Waals surface area contributed by atoms with Crippen molar-refractivity contribution in [3.05, 3.63) is 36.2 Å². The van der Waals surface area contributed by atoms with Gasteiger partial charge in [0.15, 0.2) is 0 Å². The summed E-state index contributed by atoms with van der Waals surface area (Å²) in [6.45, 7) is 8.17. The highest BCUT2D eigenvalue weighted by Gasteiger charge is 2.20. The normalized spacial score (nSPS) is 11.8. The molecule has 2 aromatic heterocycles. The first kappa shape index (κ1) is 17.2. The van der Waals surface area contributed by atoms with Crippen molar-refractivity contribution >= 4 is 16.8 Å². The Hall–Kier alpha value is -2.63. The van der Waals surface area contributed by atoms with Gasteiger partial charge in [-0.1, -0.05) is 25.1 Å². The van der Waals surface area contributed by atoms with Gasteiger partial charge in [0, 0.05) is 22.9 Å². The minimum absolute atomic E-state index is 0.0524. The molecule has 1 aromatic carbocycles. The van der Waals surface area contributed by atoms with Crippen LogP contribution in [0.15, 0.2) is 34.7 Å². The van der Waals surface area contributed by atoms with Gasteiger partial charge in [0.2, 0.25) is 11.8 Å². The zero-order valence-corrected chi connectivity index (χ0v) is 15.2. The summed E-state index contributed by atoms with van der Waals surface area (Å²) in [5.41, 5.74) is 1.45. The molecule has 2 heterocycles. The van der Waals surface area contributed by atoms with Gasteiger partial charge in [-0.3, -0.25) is 4.79 Å². The first-order valence-corrected chi connectivity index (χ1v) is 8.59. The summed E-state index contributed by atoms with van der Waals surface area (Å²) in [6.07, 6.45) is 1.69. The lowest BCUT2D eigenvalue weighted by molar-refractivity contribution is -0.122. The van der Waals surface area contributed by atoms with Crippen LogP contribution in [-0.4, -0.2) is 26.2 Å². The van der Waals surface area contributed by atoms with Crippen molar-refractivity contribution in [2.75, 3.05) is 0 Å². The summed E-state index contributed by atoms with van der Waals surface area (Å²) in [4.78, 5) is 12.5. The first-order chi connectivity index (χ1) is 11.9. The molecule has 0 aliphatic carbocycles. The maximum absolute atomic E-state index is 12.5. The molecule has 6 heteroatoms. The van der Waals surface area contributed by atoms with Crippen LogP contribution in [0.3, 0.4) is 0 Å². The van der Waals surface area contributed by atoms with Crippen LogP contribution in [0.2, 0.25) is 0 Å². The number of nitrogens with zero attached hydrogens (tertiary/aromatic N) is 3. The SMILES string of the molecule is CCCc1nnc(-c2cc3ccccc3n2CC(=O)NC(C)(C)C)o1. The third-order valence-corrected chi connectivity index (χ3v) is 3.78. The third-order valence-electron chi connectivity index (χ3n) is 3.78. The highest BCUT2D eigenvalue weighted by atomic mass is 16.4. The van der Waals surface area contributed by atoms with Gasteiger partial charge in [-0.25, -0.2) is 0 Å². The van der Waals surface area contributed by atoms with E-state index in [-0.39, 0.29) is 18.0 Å². The first-order valence-electron chi connectivity index (χ1n) is 8.59. The summed E-state index contributed by atoms with van der Waals surface area (Å²) in [5.74, 6) is 1.01. The molecule has 0 aliphatic rings. The van der Waals surface area contributed by atoms with Crippen LogP contribution >= 0.6 is 0 Å². The molecule has 0 fully saturated rings. The number of fused-ring (bicyclic) bond motifs is 1. The molecule has 0 bridgehead atoms. The lowest BCUT2D eigenvalue weighted by Crippen LogP contribution is -2.42. The molecule has 0 spiro atoms. The molecule has 0 aliphatic heterocycles. The summed E-state index contributed by atoms with van der Waals surface area (Å²) in [6, 6.07) is 9.93. The highest BCUT2D eigenvalue weighted by molar-refractivity contribution is 5.88. The molecule has 1 amide bonds. The van der Waals surface area contributed by atoms with Crippen LogP contribution < -0.4 is 5.32 Å². The average Bonchev–Trinajstić information content (AvgIpc) is 3.11. The Labute approximate surface area is 147 Å². The molecule has 6 nitrogen and oxygen atoms in total. The number of para-hydroxylation sites is 1. The number of hydrogen-bond donors (Lipinski definition) is 1. The molecule has 1 N–H and O–H groups in total. The van der Waals surface area contributed by atoms with Crippen LogP contribution in [0.5, 0.6) is 0 Å². The van der Waals surface area contributed by atoms with E-state index in [4.69, 9.17) is 4.42 Å². The highest BCUT2D eigenvalue weighted by Crippen LogP contribution is 2.27. The molecule has 0 unspecified atom stereocenters. The lowest BCUT2D eigenvalue weighted by atomic mass is 10.1. The number of hydrogen-bond acceptors (Lipinski definition) is 4. The topological polar surface area (TPSA) is 73.0 Å². The Morgan fingerprint density at radius 1 is 1.24 bits per heavy atom. The molecule has 3 aromatic rings. The molecule has 25 heavy (non-hydrogen) atoms. The molecular weight excluding hydrogens is 316 g/mol. The standard InChI is InChI=1S/C19H24N4O2/c1-5-8-17-21-22-18(25-17)15-11-13-9-6-7-10-14(13)23(15)12-16(24)20-19(2,3)4/h6-7,9-11H,5,8,12H2,1-4H3,(H,20,24). The predicted octanol–water partition coefficient (Wildman–Crippen LogP) is 3.56. The monoisotopic (exact) mass is 340 g/mol. The van der Waals surface area contributed by atoms with E-state index in [0.29, 0.717) is 11.8 Å². The summed E-state index contributed by atoms with van der Waals surface area (Å²) >= 11 is 0. The molecule has 0 saturated heterocycles. The molecular formula is C19H24N4O2. The Morgan fingerprint density at radius 3 is 2.72 bits per heavy atom. The maximum atomic E-state index is 12.5. The summed E-state index contributed by atoms with van der Waals surface area (Å²) in [5, 5.41) is 12.3. The van der Waals surface area contributed by atoms with Crippen molar-refractivity contribution in [2.45, 2.75) is 52.6 Å². The van der Waals surface area contributed by atoms with Gasteiger partial charge in [0.25, 0.3) is 5.89 Å². The fourth-order valence-electron chi connectivity index (χ4n) is 2.83. The van der Waals surface area contributed by atoms with Gasteiger partial charge >= 0.3 is 0 Å². The van der Waals surface area contributed by atoms with Gasteiger partial charge in [0.05, 0.1) is 0 Å². The minimum atomic E-state index is -0.279. The quantitative estimate of drug-likeness (QED) is 0.771. The third kappa shape index (κ3) is 3.90. The van der Waals surface area contributed by atoms with E-state index < -0.39 is 0 Å². The van der Waals surface area contributed by atoms with E-state index in [2.05, 4.69) is 22.4 Å². The Kier molecular flexibility index (Phi) is 4.61. The van der Waals surface area contributed by atoms with E-state index in [1.165, 1.54) is 0 Å². The van der Waals surface area contributed by atoms with Crippen LogP contribution in [0.1, 0.15) is 40.0 Å². The molecule has 0 radical (unpaired) electrons. The summed E-state index contributed by atoms with van der Waals surface area (Å²) < 4.78 is 7.72. The van der Waals surface area contributed by atoms with Gasteiger partial charge in [-0.15, -0.1) is 10.2 Å². The predicted molar refractivity (Wildman–Crippen MR) is 97.1 cm³/mol. The average molecular weight is 340 g/mol. The molecule has 132 valence electrons. The van der Waals surface area contributed by atoms with Crippen molar-refractivity contribution in [1.82, 2.24) is 20.1 Å². The number of benzene rings is 1. The molecule has 0 saturated carbocycles. The Bertz CT molecular complexity index is 886. The van der Waals surface area contributed by atoms with Crippen LogP contribution in [0.4, 0.5) is 0 Å². The fraction of sp³-hybridized carbons (Fsp3) is 0.421. The minimum Gasteiger partial charge on any atom is -0.419 e. The van der Waals surface area contributed by atoms with E-state index in [9.17, 15) is 4.79 Å². The smallest absolute Gasteiger partial charge is 0.264 e. The van der Waals surface area contributed by atoms with Crippen molar-refractivity contribution in [3.8, 4) is 11.6 Å². The van der Waals surface area contributed by atoms with Crippen molar-refractivity contribution in [1.29, 1.82) is 0 Å². The Morgan fingerprint density at radius 2 is 2.00 bits per heavy atom. The number of nitrogens with one attached hydrogen (secondary N) is 1. The van der Waals surface area contributed by atoms with Gasteiger partial charge in [0.1, 0.15) is 12.2 Å². The number of aryl methyl sites for hydroxylation is 1. The van der Waals surface area contributed by atoms with Gasteiger partial charge < -0.3 is 14.3 Å². The zero-order chi connectivity index (χ0) is 18.0. The summed E-state index contributed by atoms with van der Waals surface area (Å²) in [7, 11) is 0. The van der Waals surface area contributed by atoms with Crippen molar-refractivity contribution in [2.24, 2.45) is 0 Å². The number of aromatic nitrogens is 3. The van der Waals surface area contributed by atoms with Crippen molar-refractivity contribution < 1.29 is 9.21 Å². The fourth-order valence-corrected chi connectivity index (χ4v) is 2.83. The molecule has 3 rings (SSSR count). The van der Waals surface area contributed by atoms with Gasteiger partial charge in [-0.2, -0.15) is 0 Å². The van der Waals surface area contributed by atoms with Crippen LogP contribution in [0.25, 0.3) is 22.5 Å². The zero-order valence-electron chi connectivity index (χ0n) is 15.2. The van der Waals surface area contributed by atoms with Crippen LogP contribution in [-0.2, 0) is 17.8 Å². The van der Waals surface area contributed by atoms with Crippen LogP contribution in [0, 0.1) is 0 Å². The second kappa shape index (κ2) is 6.70.